The van der Waals surface area contributed by atoms with Crippen LogP contribution in [-0.4, -0.2) is 67.6 Å². The Kier molecular flexibility index (Phi) is 4.81. The summed E-state index contributed by atoms with van der Waals surface area (Å²) < 4.78 is 27.2. The fourth-order valence-corrected chi connectivity index (χ4v) is 5.20. The molecule has 5 heterocycles. The highest BCUT2D eigenvalue weighted by Gasteiger charge is 2.24. The highest BCUT2D eigenvalue weighted by Crippen LogP contribution is 2.35. The van der Waals surface area contributed by atoms with Crippen molar-refractivity contribution in [1.29, 1.82) is 0 Å². The average molecular weight is 454 g/mol. The predicted octanol–water partition coefficient (Wildman–Crippen LogP) is 1.45. The molecule has 0 atom stereocenters. The van der Waals surface area contributed by atoms with Gasteiger partial charge in [0.2, 0.25) is 0 Å². The van der Waals surface area contributed by atoms with E-state index in [9.17, 15) is 8.42 Å². The minimum absolute atomic E-state index is 0.108. The molecule has 0 bridgehead atoms. The summed E-state index contributed by atoms with van der Waals surface area (Å²) in [7, 11) is -2.96. The molecular formula is C20H23N9O2S. The van der Waals surface area contributed by atoms with E-state index < -0.39 is 9.84 Å². The molecule has 12 heteroatoms. The fraction of sp³-hybridized carbons (Fsp3) is 0.350. The molecule has 0 radical (unpaired) electrons. The second-order valence-corrected chi connectivity index (χ2v) is 10.4. The largest absolute Gasteiger partial charge is 0.382 e. The Hall–Kier alpha value is -3.54. The summed E-state index contributed by atoms with van der Waals surface area (Å²) in [5.41, 5.74) is 11.0. The molecule has 11 nitrogen and oxygen atoms in total. The number of anilines is 2. The van der Waals surface area contributed by atoms with E-state index in [1.54, 1.807) is 23.1 Å². The van der Waals surface area contributed by atoms with E-state index >= 15 is 0 Å². The van der Waals surface area contributed by atoms with E-state index in [-0.39, 0.29) is 17.5 Å². The van der Waals surface area contributed by atoms with Crippen LogP contribution in [0, 0.1) is 0 Å². The zero-order valence-corrected chi connectivity index (χ0v) is 18.6. The summed E-state index contributed by atoms with van der Waals surface area (Å²) in [4.78, 5) is 10.6. The first kappa shape index (κ1) is 20.4. The summed E-state index contributed by atoms with van der Waals surface area (Å²) in [6.07, 6.45) is 6.63. The van der Waals surface area contributed by atoms with Gasteiger partial charge in [-0.25, -0.2) is 22.6 Å². The van der Waals surface area contributed by atoms with Crippen LogP contribution in [0.2, 0.25) is 0 Å². The molecule has 0 spiro atoms. The van der Waals surface area contributed by atoms with Gasteiger partial charge in [-0.3, -0.25) is 4.98 Å². The number of rotatable bonds is 4. The molecule has 0 amide bonds. The summed E-state index contributed by atoms with van der Waals surface area (Å²) in [5.74, 6) is 0.639. The van der Waals surface area contributed by atoms with Crippen LogP contribution in [0.5, 0.6) is 0 Å². The third-order valence-corrected chi connectivity index (χ3v) is 7.26. The maximum atomic E-state index is 11.8. The van der Waals surface area contributed by atoms with Crippen LogP contribution in [0.25, 0.3) is 28.0 Å². The molecule has 0 aromatic carbocycles. The molecule has 1 saturated heterocycles. The van der Waals surface area contributed by atoms with Gasteiger partial charge in [0.25, 0.3) is 0 Å². The molecule has 1 aliphatic heterocycles. The Morgan fingerprint density at radius 1 is 1.06 bits per heavy atom. The zero-order valence-electron chi connectivity index (χ0n) is 17.7. The van der Waals surface area contributed by atoms with Gasteiger partial charge in [-0.15, -0.1) is 5.10 Å². The van der Waals surface area contributed by atoms with Gasteiger partial charge in [-0.2, -0.15) is 5.10 Å². The molecule has 166 valence electrons. The standard InChI is InChI=1S/C20H23N9O2S/c1-13(2)28-18(11-24-26-28)16-8-17(29-19(16)20(21)23-12-25-29)14-7-15(10-22-9-14)27-3-5-32(30,31)6-4-27/h7-13H,3-6H2,1-2H3,(H2,21,23,25). The number of nitrogen functional groups attached to an aromatic ring is 1. The van der Waals surface area contributed by atoms with E-state index in [4.69, 9.17) is 5.73 Å². The van der Waals surface area contributed by atoms with Gasteiger partial charge in [0.05, 0.1) is 41.0 Å². The summed E-state index contributed by atoms with van der Waals surface area (Å²) in [5, 5.41) is 12.7. The number of fused-ring (bicyclic) bond motifs is 1. The van der Waals surface area contributed by atoms with Crippen LogP contribution in [0.3, 0.4) is 0 Å². The predicted molar refractivity (Wildman–Crippen MR) is 121 cm³/mol. The van der Waals surface area contributed by atoms with Gasteiger partial charge >= 0.3 is 0 Å². The van der Waals surface area contributed by atoms with Gasteiger partial charge in [-0.1, -0.05) is 5.21 Å². The Balaban J connectivity index is 1.63. The van der Waals surface area contributed by atoms with E-state index in [1.807, 2.05) is 35.6 Å². The number of aromatic nitrogens is 7. The molecule has 4 aromatic heterocycles. The molecule has 0 unspecified atom stereocenters. The summed E-state index contributed by atoms with van der Waals surface area (Å²) in [6.45, 7) is 4.96. The molecule has 1 aliphatic rings. The molecule has 0 aliphatic carbocycles. The topological polar surface area (TPSA) is 137 Å². The first-order chi connectivity index (χ1) is 15.3. The SMILES string of the molecule is CC(C)n1nncc1-c1cc(-c2cncc(N3CCS(=O)(=O)CC3)c2)n2ncnc(N)c12. The second-order valence-electron chi connectivity index (χ2n) is 8.08. The van der Waals surface area contributed by atoms with Crippen LogP contribution in [0.15, 0.2) is 37.1 Å². The minimum atomic E-state index is -2.96. The third kappa shape index (κ3) is 3.45. The van der Waals surface area contributed by atoms with Crippen LogP contribution in [0.4, 0.5) is 11.5 Å². The van der Waals surface area contributed by atoms with Crippen LogP contribution < -0.4 is 10.6 Å². The Bertz CT molecular complexity index is 1390. The molecule has 5 rings (SSSR count). The number of nitrogens with zero attached hydrogens (tertiary/aromatic N) is 8. The second kappa shape index (κ2) is 7.55. The summed E-state index contributed by atoms with van der Waals surface area (Å²) >= 11 is 0. The first-order valence-corrected chi connectivity index (χ1v) is 12.1. The van der Waals surface area contributed by atoms with Crippen molar-refractivity contribution in [3.05, 3.63) is 37.1 Å². The normalized spacial score (nSPS) is 16.2. The van der Waals surface area contributed by atoms with Crippen molar-refractivity contribution in [2.45, 2.75) is 19.9 Å². The van der Waals surface area contributed by atoms with E-state index in [1.165, 1.54) is 6.33 Å². The maximum Gasteiger partial charge on any atom is 0.153 e. The van der Waals surface area contributed by atoms with Gasteiger partial charge < -0.3 is 10.6 Å². The Labute approximate surface area is 184 Å². The van der Waals surface area contributed by atoms with Crippen molar-refractivity contribution < 1.29 is 8.42 Å². The van der Waals surface area contributed by atoms with Crippen molar-refractivity contribution in [1.82, 2.24) is 34.6 Å². The molecule has 2 N–H and O–H groups in total. The maximum absolute atomic E-state index is 11.8. The van der Waals surface area contributed by atoms with Crippen molar-refractivity contribution >= 4 is 26.9 Å². The Morgan fingerprint density at radius 2 is 1.84 bits per heavy atom. The average Bonchev–Trinajstić information content (AvgIpc) is 3.39. The lowest BCUT2D eigenvalue weighted by Crippen LogP contribution is -2.40. The number of hydrogen-bond donors (Lipinski definition) is 1. The van der Waals surface area contributed by atoms with Gasteiger partial charge in [-0.05, 0) is 26.0 Å². The zero-order chi connectivity index (χ0) is 22.5. The molecule has 0 saturated carbocycles. The number of hydrogen-bond acceptors (Lipinski definition) is 9. The first-order valence-electron chi connectivity index (χ1n) is 10.3. The van der Waals surface area contributed by atoms with Crippen LogP contribution in [0.1, 0.15) is 19.9 Å². The quantitative estimate of drug-likeness (QED) is 0.486. The lowest BCUT2D eigenvalue weighted by Gasteiger charge is -2.28. The van der Waals surface area contributed by atoms with Gasteiger partial charge in [0.15, 0.2) is 15.7 Å². The number of sulfone groups is 1. The van der Waals surface area contributed by atoms with Gasteiger partial charge in [0.1, 0.15) is 11.8 Å². The van der Waals surface area contributed by atoms with Crippen LogP contribution in [-0.2, 0) is 9.84 Å². The molecule has 32 heavy (non-hydrogen) atoms. The van der Waals surface area contributed by atoms with E-state index in [0.717, 1.165) is 28.2 Å². The molecule has 4 aromatic rings. The Morgan fingerprint density at radius 3 is 2.59 bits per heavy atom. The number of nitrogens with two attached hydrogens (primary N) is 1. The monoisotopic (exact) mass is 453 g/mol. The lowest BCUT2D eigenvalue weighted by atomic mass is 10.1. The highest BCUT2D eigenvalue weighted by molar-refractivity contribution is 7.91. The van der Waals surface area contributed by atoms with E-state index in [2.05, 4.69) is 25.4 Å². The third-order valence-electron chi connectivity index (χ3n) is 5.65. The smallest absolute Gasteiger partial charge is 0.153 e. The highest BCUT2D eigenvalue weighted by atomic mass is 32.2. The van der Waals surface area contributed by atoms with Crippen molar-refractivity contribution in [2.75, 3.05) is 35.2 Å². The lowest BCUT2D eigenvalue weighted by molar-refractivity contribution is 0.519. The van der Waals surface area contributed by atoms with Crippen molar-refractivity contribution in [2.24, 2.45) is 0 Å². The van der Waals surface area contributed by atoms with E-state index in [0.29, 0.717) is 24.4 Å². The van der Waals surface area contributed by atoms with Crippen molar-refractivity contribution in [3.63, 3.8) is 0 Å². The number of pyridine rings is 1. The van der Waals surface area contributed by atoms with Crippen molar-refractivity contribution in [3.8, 4) is 22.5 Å². The molecular weight excluding hydrogens is 430 g/mol. The molecule has 1 fully saturated rings. The minimum Gasteiger partial charge on any atom is -0.382 e. The van der Waals surface area contributed by atoms with Crippen LogP contribution >= 0.6 is 0 Å². The summed E-state index contributed by atoms with van der Waals surface area (Å²) in [6, 6.07) is 4.09. The fourth-order valence-electron chi connectivity index (χ4n) is 4.00. The van der Waals surface area contributed by atoms with Gasteiger partial charge in [0, 0.05) is 36.5 Å².